The first kappa shape index (κ1) is 20.5. The maximum absolute atomic E-state index is 12.7. The van der Waals surface area contributed by atoms with Crippen molar-refractivity contribution in [2.45, 2.75) is 39.8 Å². The highest BCUT2D eigenvalue weighted by molar-refractivity contribution is 5.92. The Hall–Kier alpha value is -2.80. The van der Waals surface area contributed by atoms with Crippen molar-refractivity contribution in [1.82, 2.24) is 15.0 Å². The molecule has 0 saturated carbocycles. The van der Waals surface area contributed by atoms with Gasteiger partial charge in [0.2, 0.25) is 5.91 Å². The topological polar surface area (TPSA) is 68.0 Å². The van der Waals surface area contributed by atoms with Gasteiger partial charge in [0.05, 0.1) is 18.8 Å². The molecule has 0 spiro atoms. The molecule has 1 unspecified atom stereocenters. The molecular weight excluding hydrogens is 382 g/mol. The molecular formula is C23H29N3O4. The number of amides is 1. The van der Waals surface area contributed by atoms with Crippen LogP contribution in [0.3, 0.4) is 0 Å². The molecule has 0 radical (unpaired) electrons. The van der Waals surface area contributed by atoms with Crippen molar-refractivity contribution in [2.24, 2.45) is 0 Å². The summed E-state index contributed by atoms with van der Waals surface area (Å²) in [4.78, 5) is 16.9. The fourth-order valence-electron chi connectivity index (χ4n) is 3.97. The molecule has 7 nitrogen and oxygen atoms in total. The van der Waals surface area contributed by atoms with Gasteiger partial charge in [-0.05, 0) is 39.0 Å². The molecule has 1 fully saturated rings. The van der Waals surface area contributed by atoms with E-state index in [-0.39, 0.29) is 12.0 Å². The third-order valence-electron chi connectivity index (χ3n) is 5.47. The van der Waals surface area contributed by atoms with E-state index < -0.39 is 0 Å². The van der Waals surface area contributed by atoms with Crippen molar-refractivity contribution in [3.63, 3.8) is 0 Å². The van der Waals surface area contributed by atoms with E-state index in [1.165, 1.54) is 0 Å². The largest absolute Gasteiger partial charge is 0.493 e. The van der Waals surface area contributed by atoms with E-state index in [2.05, 4.69) is 17.0 Å². The van der Waals surface area contributed by atoms with Gasteiger partial charge in [0.25, 0.3) is 0 Å². The van der Waals surface area contributed by atoms with Crippen molar-refractivity contribution in [3.05, 3.63) is 46.9 Å². The predicted octanol–water partition coefficient (Wildman–Crippen LogP) is 3.06. The van der Waals surface area contributed by atoms with E-state index in [4.69, 9.17) is 14.0 Å². The van der Waals surface area contributed by atoms with Crippen molar-refractivity contribution in [1.29, 1.82) is 0 Å². The Morgan fingerprint density at radius 2 is 2.07 bits per heavy atom. The molecule has 1 aromatic heterocycles. The zero-order valence-corrected chi connectivity index (χ0v) is 17.9. The maximum atomic E-state index is 12.7. The normalized spacial score (nSPS) is 19.2. The van der Waals surface area contributed by atoms with Crippen LogP contribution in [-0.4, -0.2) is 59.8 Å². The minimum Gasteiger partial charge on any atom is -0.493 e. The van der Waals surface area contributed by atoms with Crippen molar-refractivity contribution in [2.75, 3.05) is 32.8 Å². The zero-order valence-electron chi connectivity index (χ0n) is 17.9. The Morgan fingerprint density at radius 3 is 2.77 bits per heavy atom. The molecule has 30 heavy (non-hydrogen) atoms. The lowest BCUT2D eigenvalue weighted by atomic mass is 10.1. The standard InChI is InChI=1S/C23H29N3O4/c1-4-28-21-14-19-12-17(3)29-22(19)13-18(21)5-6-23(27)26-9-7-25(8-10-26)15-20-11-16(2)24-30-20/h5-6,11,13-14,17H,4,7-10,12,15H2,1-3H3/b6-5+. The van der Waals surface area contributed by atoms with Gasteiger partial charge in [-0.1, -0.05) is 5.16 Å². The minimum absolute atomic E-state index is 0.0161. The molecule has 0 N–H and O–H groups in total. The average molecular weight is 412 g/mol. The summed E-state index contributed by atoms with van der Waals surface area (Å²) >= 11 is 0. The SMILES string of the molecule is CCOc1cc2c(cc1/C=C/C(=O)N1CCN(Cc3cc(C)no3)CC1)OC(C)C2. The van der Waals surface area contributed by atoms with Crippen LogP contribution in [0.4, 0.5) is 0 Å². The van der Waals surface area contributed by atoms with Crippen LogP contribution in [0.15, 0.2) is 28.8 Å². The zero-order chi connectivity index (χ0) is 21.1. The monoisotopic (exact) mass is 411 g/mol. The number of rotatable bonds is 6. The molecule has 2 aromatic rings. The third kappa shape index (κ3) is 4.67. The van der Waals surface area contributed by atoms with E-state index in [1.807, 2.05) is 43.0 Å². The summed E-state index contributed by atoms with van der Waals surface area (Å²) in [6.45, 7) is 10.3. The first-order chi connectivity index (χ1) is 14.5. The lowest BCUT2D eigenvalue weighted by Gasteiger charge is -2.33. The quantitative estimate of drug-likeness (QED) is 0.681. The Bertz CT molecular complexity index is 929. The molecule has 1 aromatic carbocycles. The van der Waals surface area contributed by atoms with Crippen LogP contribution in [0.5, 0.6) is 11.5 Å². The second-order valence-electron chi connectivity index (χ2n) is 7.93. The number of aryl methyl sites for hydroxylation is 1. The van der Waals surface area contributed by atoms with Gasteiger partial charge in [-0.2, -0.15) is 0 Å². The summed E-state index contributed by atoms with van der Waals surface area (Å²) in [6.07, 6.45) is 4.53. The second-order valence-corrected chi connectivity index (χ2v) is 7.93. The number of aromatic nitrogens is 1. The van der Waals surface area contributed by atoms with Crippen LogP contribution in [-0.2, 0) is 17.8 Å². The number of ether oxygens (including phenoxy) is 2. The number of nitrogens with zero attached hydrogens (tertiary/aromatic N) is 3. The summed E-state index contributed by atoms with van der Waals surface area (Å²) in [5.41, 5.74) is 2.92. The third-order valence-corrected chi connectivity index (χ3v) is 5.47. The van der Waals surface area contributed by atoms with Crippen LogP contribution in [0, 0.1) is 6.92 Å². The van der Waals surface area contributed by atoms with Gasteiger partial charge < -0.3 is 18.9 Å². The lowest BCUT2D eigenvalue weighted by molar-refractivity contribution is -0.127. The van der Waals surface area contributed by atoms with Gasteiger partial charge in [-0.15, -0.1) is 0 Å². The molecule has 3 heterocycles. The molecule has 4 rings (SSSR count). The molecule has 0 bridgehead atoms. The Morgan fingerprint density at radius 1 is 1.27 bits per heavy atom. The summed E-state index contributed by atoms with van der Waals surface area (Å²) in [5, 5.41) is 3.93. The fraction of sp³-hybridized carbons (Fsp3) is 0.478. The Labute approximate surface area is 177 Å². The van der Waals surface area contributed by atoms with E-state index >= 15 is 0 Å². The average Bonchev–Trinajstić information content (AvgIpc) is 3.30. The van der Waals surface area contributed by atoms with Gasteiger partial charge in [0.1, 0.15) is 17.6 Å². The maximum Gasteiger partial charge on any atom is 0.246 e. The highest BCUT2D eigenvalue weighted by atomic mass is 16.5. The smallest absolute Gasteiger partial charge is 0.246 e. The molecule has 1 saturated heterocycles. The van der Waals surface area contributed by atoms with Gasteiger partial charge in [0, 0.05) is 55.9 Å². The van der Waals surface area contributed by atoms with Gasteiger partial charge in [-0.3, -0.25) is 9.69 Å². The van der Waals surface area contributed by atoms with E-state index in [0.717, 1.165) is 60.1 Å². The van der Waals surface area contributed by atoms with E-state index in [0.29, 0.717) is 19.7 Å². The fourth-order valence-corrected chi connectivity index (χ4v) is 3.97. The van der Waals surface area contributed by atoms with Crippen molar-refractivity contribution < 1.29 is 18.8 Å². The number of fused-ring (bicyclic) bond motifs is 1. The number of piperazine rings is 1. The molecule has 1 amide bonds. The number of benzene rings is 1. The van der Waals surface area contributed by atoms with Crippen LogP contribution >= 0.6 is 0 Å². The van der Waals surface area contributed by atoms with Gasteiger partial charge >= 0.3 is 0 Å². The highest BCUT2D eigenvalue weighted by Gasteiger charge is 2.23. The van der Waals surface area contributed by atoms with Gasteiger partial charge in [0.15, 0.2) is 5.76 Å². The molecule has 7 heteroatoms. The highest BCUT2D eigenvalue weighted by Crippen LogP contribution is 2.35. The summed E-state index contributed by atoms with van der Waals surface area (Å²) < 4.78 is 17.0. The number of hydrogen-bond donors (Lipinski definition) is 0. The van der Waals surface area contributed by atoms with Crippen molar-refractivity contribution in [3.8, 4) is 11.5 Å². The number of carbonyl (C=O) groups excluding carboxylic acids is 1. The van der Waals surface area contributed by atoms with Crippen LogP contribution in [0.2, 0.25) is 0 Å². The van der Waals surface area contributed by atoms with E-state index in [9.17, 15) is 4.79 Å². The lowest BCUT2D eigenvalue weighted by Crippen LogP contribution is -2.47. The molecule has 1 atom stereocenters. The minimum atomic E-state index is 0.0161. The van der Waals surface area contributed by atoms with E-state index in [1.54, 1.807) is 6.08 Å². The molecule has 2 aliphatic heterocycles. The Balaban J connectivity index is 1.36. The number of carbonyl (C=O) groups is 1. The summed E-state index contributed by atoms with van der Waals surface area (Å²) in [6, 6.07) is 5.97. The first-order valence-electron chi connectivity index (χ1n) is 10.6. The summed E-state index contributed by atoms with van der Waals surface area (Å²) in [7, 11) is 0. The van der Waals surface area contributed by atoms with Gasteiger partial charge in [-0.25, -0.2) is 0 Å². The molecule has 0 aliphatic carbocycles. The summed E-state index contributed by atoms with van der Waals surface area (Å²) in [5.74, 6) is 2.56. The van der Waals surface area contributed by atoms with Crippen LogP contribution in [0.25, 0.3) is 6.08 Å². The van der Waals surface area contributed by atoms with Crippen molar-refractivity contribution >= 4 is 12.0 Å². The van der Waals surface area contributed by atoms with Crippen LogP contribution < -0.4 is 9.47 Å². The predicted molar refractivity (Wildman–Crippen MR) is 114 cm³/mol. The molecule has 2 aliphatic rings. The Kier molecular flexibility index (Phi) is 6.08. The first-order valence-corrected chi connectivity index (χ1v) is 10.6. The second kappa shape index (κ2) is 8.92. The van der Waals surface area contributed by atoms with Crippen LogP contribution in [0.1, 0.15) is 36.4 Å². The molecule has 160 valence electrons. The number of hydrogen-bond acceptors (Lipinski definition) is 6.